The lowest BCUT2D eigenvalue weighted by Crippen LogP contribution is -2.03. The van der Waals surface area contributed by atoms with Crippen molar-refractivity contribution in [3.05, 3.63) is 16.6 Å². The average molecular weight is 173 g/mol. The summed E-state index contributed by atoms with van der Waals surface area (Å²) in [5, 5.41) is 17.5. The highest BCUT2D eigenvalue weighted by Gasteiger charge is 2.12. The lowest BCUT2D eigenvalue weighted by Gasteiger charge is -2.01. The maximum atomic E-state index is 10.1. The Balaban J connectivity index is 2.56. The molecule has 1 aromatic rings. The van der Waals surface area contributed by atoms with E-state index in [2.05, 4.69) is 4.98 Å². The molecule has 0 fully saturated rings. The number of aliphatic hydroxyl groups is 1. The van der Waals surface area contributed by atoms with E-state index in [1.165, 1.54) is 17.5 Å². The molecule has 11 heavy (non-hydrogen) atoms. The summed E-state index contributed by atoms with van der Waals surface area (Å²) in [7, 11) is 0. The second-order valence-corrected chi connectivity index (χ2v) is 2.94. The van der Waals surface area contributed by atoms with Gasteiger partial charge in [0.15, 0.2) is 0 Å². The first kappa shape index (κ1) is 8.16. The van der Waals surface area contributed by atoms with Crippen LogP contribution in [-0.2, 0) is 4.79 Å². The largest absolute Gasteiger partial charge is 0.481 e. The van der Waals surface area contributed by atoms with Gasteiger partial charge in [0, 0.05) is 6.20 Å². The van der Waals surface area contributed by atoms with Gasteiger partial charge in [-0.2, -0.15) is 0 Å². The number of rotatable bonds is 3. The topological polar surface area (TPSA) is 70.4 Å². The van der Waals surface area contributed by atoms with E-state index < -0.39 is 12.1 Å². The average Bonchev–Trinajstić information content (AvgIpc) is 2.35. The summed E-state index contributed by atoms with van der Waals surface area (Å²) in [4.78, 5) is 14.4. The van der Waals surface area contributed by atoms with E-state index in [-0.39, 0.29) is 6.42 Å². The Morgan fingerprint density at radius 2 is 2.55 bits per heavy atom. The van der Waals surface area contributed by atoms with Crippen molar-refractivity contribution in [2.24, 2.45) is 0 Å². The molecular weight excluding hydrogens is 166 g/mol. The molecule has 1 rings (SSSR count). The molecule has 0 unspecified atom stereocenters. The van der Waals surface area contributed by atoms with Crippen molar-refractivity contribution in [2.45, 2.75) is 12.5 Å². The quantitative estimate of drug-likeness (QED) is 0.704. The van der Waals surface area contributed by atoms with Gasteiger partial charge in [-0.05, 0) is 0 Å². The van der Waals surface area contributed by atoms with Gasteiger partial charge in [0.25, 0.3) is 0 Å². The first-order valence-electron chi connectivity index (χ1n) is 2.98. The molecule has 1 heterocycles. The van der Waals surface area contributed by atoms with E-state index in [0.717, 1.165) is 0 Å². The van der Waals surface area contributed by atoms with E-state index in [9.17, 15) is 4.79 Å². The first-order chi connectivity index (χ1) is 5.20. The highest BCUT2D eigenvalue weighted by atomic mass is 32.1. The Bertz CT molecular complexity index is 234. The fraction of sp³-hybridized carbons (Fsp3) is 0.333. The zero-order valence-corrected chi connectivity index (χ0v) is 6.41. The maximum Gasteiger partial charge on any atom is 0.306 e. The molecular formula is C6H7NO3S. The summed E-state index contributed by atoms with van der Waals surface area (Å²) >= 11 is 1.25. The normalized spacial score (nSPS) is 12.8. The molecule has 0 aliphatic carbocycles. The van der Waals surface area contributed by atoms with Crippen molar-refractivity contribution in [1.82, 2.24) is 4.98 Å². The van der Waals surface area contributed by atoms with Crippen molar-refractivity contribution in [1.29, 1.82) is 0 Å². The maximum absolute atomic E-state index is 10.1. The number of carbonyl (C=O) groups is 1. The Morgan fingerprint density at radius 3 is 3.00 bits per heavy atom. The lowest BCUT2D eigenvalue weighted by atomic mass is 10.2. The van der Waals surface area contributed by atoms with Gasteiger partial charge in [0.2, 0.25) is 0 Å². The molecule has 4 nitrogen and oxygen atoms in total. The Hall–Kier alpha value is -0.940. The molecule has 0 aliphatic rings. The molecule has 5 heteroatoms. The summed E-state index contributed by atoms with van der Waals surface area (Å²) in [6.07, 6.45) is 0.292. The van der Waals surface area contributed by atoms with Crippen LogP contribution in [0, 0.1) is 0 Å². The molecule has 1 atom stereocenters. The monoisotopic (exact) mass is 173 g/mol. The van der Waals surface area contributed by atoms with Crippen LogP contribution in [-0.4, -0.2) is 21.2 Å². The summed E-state index contributed by atoms with van der Waals surface area (Å²) in [5.74, 6) is -1.01. The van der Waals surface area contributed by atoms with Gasteiger partial charge >= 0.3 is 5.97 Å². The van der Waals surface area contributed by atoms with Crippen molar-refractivity contribution in [3.63, 3.8) is 0 Å². The van der Waals surface area contributed by atoms with Gasteiger partial charge in [0.1, 0.15) is 6.10 Å². The van der Waals surface area contributed by atoms with Gasteiger partial charge in [-0.1, -0.05) is 0 Å². The number of aliphatic carboxylic acids is 1. The van der Waals surface area contributed by atoms with Crippen LogP contribution in [0.2, 0.25) is 0 Å². The molecule has 1 aromatic heterocycles. The summed E-state index contributed by atoms with van der Waals surface area (Å²) in [6.45, 7) is 0. The second kappa shape index (κ2) is 3.45. The number of carboxylic acid groups (broad SMARTS) is 1. The minimum atomic E-state index is -1.01. The molecule has 0 aliphatic heterocycles. The minimum Gasteiger partial charge on any atom is -0.481 e. The molecule has 60 valence electrons. The smallest absolute Gasteiger partial charge is 0.306 e. The van der Waals surface area contributed by atoms with Crippen LogP contribution in [0.25, 0.3) is 0 Å². The van der Waals surface area contributed by atoms with E-state index in [1.54, 1.807) is 5.51 Å². The van der Waals surface area contributed by atoms with Crippen LogP contribution in [0.5, 0.6) is 0 Å². The zero-order valence-electron chi connectivity index (χ0n) is 5.60. The predicted octanol–water partition coefficient (Wildman–Crippen LogP) is 0.651. The van der Waals surface area contributed by atoms with E-state index >= 15 is 0 Å². The molecule has 0 bridgehead atoms. The Labute approximate surface area is 67.1 Å². The summed E-state index contributed by atoms with van der Waals surface area (Å²) in [6, 6.07) is 0. The molecule has 0 spiro atoms. The number of hydrogen-bond acceptors (Lipinski definition) is 4. The Morgan fingerprint density at radius 1 is 1.82 bits per heavy atom. The van der Waals surface area contributed by atoms with Crippen LogP contribution < -0.4 is 0 Å². The Kier molecular flexibility index (Phi) is 2.56. The molecule has 0 amide bonds. The summed E-state index contributed by atoms with van der Waals surface area (Å²) < 4.78 is 0. The number of thiazole rings is 1. The third kappa shape index (κ3) is 2.28. The van der Waals surface area contributed by atoms with Crippen LogP contribution in [0.3, 0.4) is 0 Å². The fourth-order valence-electron chi connectivity index (χ4n) is 0.656. The van der Waals surface area contributed by atoms with Crippen molar-refractivity contribution >= 4 is 17.3 Å². The second-order valence-electron chi connectivity index (χ2n) is 2.02. The number of aromatic nitrogens is 1. The van der Waals surface area contributed by atoms with E-state index in [1.807, 2.05) is 0 Å². The van der Waals surface area contributed by atoms with Crippen molar-refractivity contribution < 1.29 is 15.0 Å². The predicted molar refractivity (Wildman–Crippen MR) is 39.3 cm³/mol. The van der Waals surface area contributed by atoms with Crippen LogP contribution >= 0.6 is 11.3 Å². The van der Waals surface area contributed by atoms with Gasteiger partial charge in [0.05, 0.1) is 16.8 Å². The number of aliphatic hydroxyl groups excluding tert-OH is 1. The number of nitrogens with zero attached hydrogens (tertiary/aromatic N) is 1. The SMILES string of the molecule is O=C(O)C[C@@H](O)c1cncs1. The number of carboxylic acids is 1. The molecule has 0 radical (unpaired) electrons. The molecule has 0 saturated carbocycles. The minimum absolute atomic E-state index is 0.262. The first-order valence-corrected chi connectivity index (χ1v) is 3.86. The van der Waals surface area contributed by atoms with Crippen molar-refractivity contribution in [3.8, 4) is 0 Å². The fourth-order valence-corrected chi connectivity index (χ4v) is 1.26. The zero-order chi connectivity index (χ0) is 8.27. The van der Waals surface area contributed by atoms with Crippen molar-refractivity contribution in [2.75, 3.05) is 0 Å². The molecule has 0 aromatic carbocycles. The highest BCUT2D eigenvalue weighted by Crippen LogP contribution is 2.19. The van der Waals surface area contributed by atoms with Gasteiger partial charge in [-0.25, -0.2) is 0 Å². The van der Waals surface area contributed by atoms with Gasteiger partial charge in [-0.3, -0.25) is 9.78 Å². The summed E-state index contributed by atoms with van der Waals surface area (Å²) in [5.41, 5.74) is 1.56. The lowest BCUT2D eigenvalue weighted by molar-refractivity contribution is -0.139. The van der Waals surface area contributed by atoms with E-state index in [0.29, 0.717) is 4.88 Å². The van der Waals surface area contributed by atoms with Gasteiger partial charge in [-0.15, -0.1) is 11.3 Å². The molecule has 0 saturated heterocycles. The van der Waals surface area contributed by atoms with Crippen LogP contribution in [0.15, 0.2) is 11.7 Å². The standard InChI is InChI=1S/C6H7NO3S/c8-4(1-6(9)10)5-2-7-3-11-5/h2-4,8H,1H2,(H,9,10)/t4-/m1/s1. The third-order valence-electron chi connectivity index (χ3n) is 1.15. The van der Waals surface area contributed by atoms with Crippen LogP contribution in [0.4, 0.5) is 0 Å². The van der Waals surface area contributed by atoms with E-state index in [4.69, 9.17) is 10.2 Å². The molecule has 2 N–H and O–H groups in total. The van der Waals surface area contributed by atoms with Crippen LogP contribution in [0.1, 0.15) is 17.4 Å². The van der Waals surface area contributed by atoms with Gasteiger partial charge < -0.3 is 10.2 Å². The third-order valence-corrected chi connectivity index (χ3v) is 2.02. The highest BCUT2D eigenvalue weighted by molar-refractivity contribution is 7.09. The number of hydrogen-bond donors (Lipinski definition) is 2.